The van der Waals surface area contributed by atoms with Crippen molar-refractivity contribution in [2.45, 2.75) is 52.1 Å². The molecule has 0 unspecified atom stereocenters. The molecule has 0 aromatic carbocycles. The standard InChI is InChI=1S/C17H25N5S2.HI/c1-4-12-9-19-15(23-12)10-20-17(18-2)22(3)11-16-21-13-7-5-6-8-14(13)24-16;/h9H,4-8,10-11H2,1-3H3,(H,18,20);1H. The molecule has 0 aliphatic heterocycles. The summed E-state index contributed by atoms with van der Waals surface area (Å²) < 4.78 is 0. The highest BCUT2D eigenvalue weighted by atomic mass is 127. The molecule has 0 atom stereocenters. The van der Waals surface area contributed by atoms with Crippen LogP contribution in [0.25, 0.3) is 0 Å². The van der Waals surface area contributed by atoms with Crippen molar-refractivity contribution in [1.82, 2.24) is 20.2 Å². The van der Waals surface area contributed by atoms with Crippen LogP contribution in [0.4, 0.5) is 0 Å². The summed E-state index contributed by atoms with van der Waals surface area (Å²) in [5, 5.41) is 5.70. The topological polar surface area (TPSA) is 53.4 Å². The van der Waals surface area contributed by atoms with Crippen molar-refractivity contribution in [3.63, 3.8) is 0 Å². The molecule has 2 aromatic heterocycles. The number of aryl methyl sites for hydroxylation is 3. The van der Waals surface area contributed by atoms with Crippen LogP contribution >= 0.6 is 46.7 Å². The van der Waals surface area contributed by atoms with Gasteiger partial charge >= 0.3 is 0 Å². The zero-order valence-corrected chi connectivity index (χ0v) is 19.0. The Hall–Kier alpha value is -0.740. The molecule has 3 rings (SSSR count). The summed E-state index contributed by atoms with van der Waals surface area (Å²) in [6.07, 6.45) is 7.94. The lowest BCUT2D eigenvalue weighted by Crippen LogP contribution is -2.38. The molecule has 0 spiro atoms. The second-order valence-corrected chi connectivity index (χ2v) is 8.38. The number of fused-ring (bicyclic) bond motifs is 1. The number of aliphatic imine (C=N–C) groups is 1. The number of halogens is 1. The number of nitrogens with zero attached hydrogens (tertiary/aromatic N) is 4. The highest BCUT2D eigenvalue weighted by molar-refractivity contribution is 14.0. The molecule has 0 amide bonds. The SMILES string of the molecule is CCc1cnc(CNC(=NC)N(C)Cc2nc3c(s2)CCCC3)s1.I. The Kier molecular flexibility index (Phi) is 8.08. The van der Waals surface area contributed by atoms with Crippen LogP contribution in [-0.4, -0.2) is 34.9 Å². The first-order valence-corrected chi connectivity index (χ1v) is 10.2. The summed E-state index contributed by atoms with van der Waals surface area (Å²) in [6.45, 7) is 3.68. The van der Waals surface area contributed by atoms with Gasteiger partial charge in [-0.1, -0.05) is 6.92 Å². The van der Waals surface area contributed by atoms with E-state index in [4.69, 9.17) is 4.98 Å². The molecule has 8 heteroatoms. The number of nitrogens with one attached hydrogen (secondary N) is 1. The number of aromatic nitrogens is 2. The smallest absolute Gasteiger partial charge is 0.194 e. The first-order valence-electron chi connectivity index (χ1n) is 8.52. The van der Waals surface area contributed by atoms with Crippen LogP contribution in [-0.2, 0) is 32.4 Å². The molecule has 1 aliphatic carbocycles. The van der Waals surface area contributed by atoms with Gasteiger partial charge in [0.05, 0.1) is 18.8 Å². The predicted molar refractivity (Wildman–Crippen MR) is 117 cm³/mol. The van der Waals surface area contributed by atoms with Crippen LogP contribution in [0.3, 0.4) is 0 Å². The highest BCUT2D eigenvalue weighted by Crippen LogP contribution is 2.27. The van der Waals surface area contributed by atoms with Gasteiger partial charge in [0.2, 0.25) is 0 Å². The summed E-state index contributed by atoms with van der Waals surface area (Å²) >= 11 is 3.63. The average Bonchev–Trinajstić information content (AvgIpc) is 3.21. The molecule has 0 fully saturated rings. The summed E-state index contributed by atoms with van der Waals surface area (Å²) in [4.78, 5) is 18.6. The van der Waals surface area contributed by atoms with Gasteiger partial charge < -0.3 is 10.2 Å². The minimum atomic E-state index is 0. The van der Waals surface area contributed by atoms with E-state index in [1.807, 2.05) is 24.6 Å². The fourth-order valence-electron chi connectivity index (χ4n) is 2.88. The van der Waals surface area contributed by atoms with Crippen LogP contribution in [0.1, 0.15) is 45.2 Å². The van der Waals surface area contributed by atoms with Crippen molar-refractivity contribution in [2.75, 3.05) is 14.1 Å². The molecule has 0 bridgehead atoms. The molecule has 0 radical (unpaired) electrons. The van der Waals surface area contributed by atoms with Gasteiger partial charge in [0, 0.05) is 30.0 Å². The lowest BCUT2D eigenvalue weighted by atomic mass is 10.0. The predicted octanol–water partition coefficient (Wildman–Crippen LogP) is 3.87. The van der Waals surface area contributed by atoms with E-state index in [2.05, 4.69) is 34.2 Å². The van der Waals surface area contributed by atoms with E-state index in [-0.39, 0.29) is 24.0 Å². The number of thiazole rings is 2. The molecular weight excluding hydrogens is 465 g/mol. The number of hydrogen-bond donors (Lipinski definition) is 1. The van der Waals surface area contributed by atoms with E-state index in [0.717, 1.165) is 36.9 Å². The van der Waals surface area contributed by atoms with Gasteiger partial charge in [-0.05, 0) is 32.1 Å². The number of guanidine groups is 1. The van der Waals surface area contributed by atoms with Crippen LogP contribution in [0.15, 0.2) is 11.2 Å². The molecule has 0 saturated carbocycles. The lowest BCUT2D eigenvalue weighted by molar-refractivity contribution is 0.474. The fraction of sp³-hybridized carbons (Fsp3) is 0.588. The van der Waals surface area contributed by atoms with Crippen LogP contribution in [0.5, 0.6) is 0 Å². The Morgan fingerprint density at radius 1 is 1.28 bits per heavy atom. The summed E-state index contributed by atoms with van der Waals surface area (Å²) in [5.41, 5.74) is 1.33. The van der Waals surface area contributed by atoms with Crippen molar-refractivity contribution < 1.29 is 0 Å². The van der Waals surface area contributed by atoms with Crippen molar-refractivity contribution in [3.05, 3.63) is 31.7 Å². The summed E-state index contributed by atoms with van der Waals surface area (Å²) in [6, 6.07) is 0. The van der Waals surface area contributed by atoms with E-state index in [0.29, 0.717) is 0 Å². The summed E-state index contributed by atoms with van der Waals surface area (Å²) in [7, 11) is 3.89. The zero-order valence-electron chi connectivity index (χ0n) is 15.0. The fourth-order valence-corrected chi connectivity index (χ4v) is 4.90. The van der Waals surface area contributed by atoms with Gasteiger partial charge in [-0.2, -0.15) is 0 Å². The Labute approximate surface area is 175 Å². The molecular formula is C17H26IN5S2. The molecule has 5 nitrogen and oxygen atoms in total. The highest BCUT2D eigenvalue weighted by Gasteiger charge is 2.17. The monoisotopic (exact) mass is 491 g/mol. The van der Waals surface area contributed by atoms with E-state index >= 15 is 0 Å². The van der Waals surface area contributed by atoms with Crippen LogP contribution in [0.2, 0.25) is 0 Å². The van der Waals surface area contributed by atoms with Gasteiger partial charge in [0.1, 0.15) is 10.0 Å². The van der Waals surface area contributed by atoms with Gasteiger partial charge in [0.25, 0.3) is 0 Å². The minimum absolute atomic E-state index is 0. The molecule has 2 heterocycles. The third-order valence-electron chi connectivity index (χ3n) is 4.18. The van der Waals surface area contributed by atoms with E-state index in [1.54, 1.807) is 11.3 Å². The third-order valence-corrected chi connectivity index (χ3v) is 6.47. The molecule has 1 aliphatic rings. The largest absolute Gasteiger partial charge is 0.350 e. The minimum Gasteiger partial charge on any atom is -0.350 e. The van der Waals surface area contributed by atoms with Gasteiger partial charge in [0.15, 0.2) is 5.96 Å². The van der Waals surface area contributed by atoms with Gasteiger partial charge in [-0.25, -0.2) is 9.97 Å². The maximum absolute atomic E-state index is 4.82. The third kappa shape index (κ3) is 5.37. The van der Waals surface area contributed by atoms with E-state index in [1.165, 1.54) is 39.7 Å². The lowest BCUT2D eigenvalue weighted by Gasteiger charge is -2.20. The van der Waals surface area contributed by atoms with Crippen molar-refractivity contribution >= 4 is 52.6 Å². The summed E-state index contributed by atoms with van der Waals surface area (Å²) in [5.74, 6) is 0.886. The van der Waals surface area contributed by atoms with E-state index in [9.17, 15) is 0 Å². The van der Waals surface area contributed by atoms with E-state index < -0.39 is 0 Å². The second kappa shape index (κ2) is 9.82. The molecule has 1 N–H and O–H groups in total. The van der Waals surface area contributed by atoms with Crippen molar-refractivity contribution in [1.29, 1.82) is 0 Å². The maximum Gasteiger partial charge on any atom is 0.194 e. The first kappa shape index (κ1) is 20.6. The first-order chi connectivity index (χ1) is 11.7. The Bertz CT molecular complexity index is 686. The normalized spacial score (nSPS) is 14.0. The number of rotatable bonds is 5. The molecule has 0 saturated heterocycles. The molecule has 25 heavy (non-hydrogen) atoms. The Morgan fingerprint density at radius 2 is 2.08 bits per heavy atom. The maximum atomic E-state index is 4.82. The quantitative estimate of drug-likeness (QED) is 0.392. The second-order valence-electron chi connectivity index (χ2n) is 6.02. The molecule has 138 valence electrons. The average molecular weight is 491 g/mol. The van der Waals surface area contributed by atoms with Crippen molar-refractivity contribution in [3.8, 4) is 0 Å². The van der Waals surface area contributed by atoms with Crippen molar-refractivity contribution in [2.24, 2.45) is 4.99 Å². The Morgan fingerprint density at radius 3 is 2.76 bits per heavy atom. The van der Waals surface area contributed by atoms with Crippen LogP contribution < -0.4 is 5.32 Å². The Balaban J connectivity index is 0.00000225. The zero-order chi connectivity index (χ0) is 16.9. The number of hydrogen-bond acceptors (Lipinski definition) is 5. The van der Waals surface area contributed by atoms with Gasteiger partial charge in [-0.15, -0.1) is 46.7 Å². The molecule has 2 aromatic rings. The van der Waals surface area contributed by atoms with Crippen LogP contribution in [0, 0.1) is 0 Å². The van der Waals surface area contributed by atoms with Gasteiger partial charge in [-0.3, -0.25) is 4.99 Å².